The molecule has 2 aromatic carbocycles. The highest BCUT2D eigenvalue weighted by atomic mass is 19.1. The van der Waals surface area contributed by atoms with Crippen LogP contribution in [0.5, 0.6) is 0 Å². The Morgan fingerprint density at radius 3 is 2.50 bits per heavy atom. The molecule has 0 bridgehead atoms. The molecular formula is C20H23FN2O. The number of carbonyl (C=O) groups excluding carboxylic acids is 1. The number of allylic oxidation sites excluding steroid dienone is 1. The van der Waals surface area contributed by atoms with Crippen molar-refractivity contribution in [2.45, 2.75) is 0 Å². The first-order valence-corrected chi connectivity index (χ1v) is 7.90. The summed E-state index contributed by atoms with van der Waals surface area (Å²) in [4.78, 5) is 16.4. The first-order chi connectivity index (χ1) is 11.5. The Morgan fingerprint density at radius 2 is 1.79 bits per heavy atom. The summed E-state index contributed by atoms with van der Waals surface area (Å²) in [5.74, 6) is -0.830. The van der Waals surface area contributed by atoms with Crippen molar-refractivity contribution in [3.05, 3.63) is 71.6 Å². The molecule has 2 rings (SSSR count). The maximum atomic E-state index is 13.6. The van der Waals surface area contributed by atoms with Gasteiger partial charge in [-0.2, -0.15) is 0 Å². The minimum absolute atomic E-state index is 0.0907. The summed E-state index contributed by atoms with van der Waals surface area (Å²) in [6.07, 6.45) is 3.13. The Hall–Kier alpha value is -2.46. The fraction of sp³-hybridized carbons (Fsp3) is 0.250. The Kier molecular flexibility index (Phi) is 6.27. The van der Waals surface area contributed by atoms with Gasteiger partial charge >= 0.3 is 0 Å². The summed E-state index contributed by atoms with van der Waals surface area (Å²) >= 11 is 0. The summed E-state index contributed by atoms with van der Waals surface area (Å²) in [5, 5.41) is 0. The number of hydrogen-bond acceptors (Lipinski definition) is 3. The number of halogens is 1. The van der Waals surface area contributed by atoms with Gasteiger partial charge in [-0.05, 0) is 50.0 Å². The predicted octanol–water partition coefficient (Wildman–Crippen LogP) is 3.72. The van der Waals surface area contributed by atoms with Crippen LogP contribution in [0.2, 0.25) is 0 Å². The third-order valence-electron chi connectivity index (χ3n) is 3.76. The molecule has 4 heteroatoms. The third kappa shape index (κ3) is 5.03. The molecule has 0 spiro atoms. The average Bonchev–Trinajstić information content (AvgIpc) is 2.58. The second-order valence-corrected chi connectivity index (χ2v) is 6.00. The predicted molar refractivity (Wildman–Crippen MR) is 98.0 cm³/mol. The van der Waals surface area contributed by atoms with Gasteiger partial charge in [-0.1, -0.05) is 30.3 Å². The molecule has 0 unspecified atom stereocenters. The van der Waals surface area contributed by atoms with Gasteiger partial charge in [-0.25, -0.2) is 4.39 Å². The lowest BCUT2D eigenvalue weighted by Gasteiger charge is -2.21. The standard InChI is InChI=1S/C20H23FN2O/c1-22(2)13-14-23(3)17-8-6-7-16(15-17)11-12-20(24)18-9-4-5-10-19(18)21/h4-12,15H,13-14H2,1-3H3/b12-11+. The van der Waals surface area contributed by atoms with Crippen molar-refractivity contribution in [3.8, 4) is 0 Å². The molecule has 2 aromatic rings. The second-order valence-electron chi connectivity index (χ2n) is 6.00. The molecule has 0 saturated carbocycles. The zero-order valence-electron chi connectivity index (χ0n) is 14.4. The van der Waals surface area contributed by atoms with Crippen LogP contribution in [0.1, 0.15) is 15.9 Å². The van der Waals surface area contributed by atoms with Gasteiger partial charge in [0.15, 0.2) is 5.78 Å². The number of anilines is 1. The fourth-order valence-electron chi connectivity index (χ4n) is 2.27. The van der Waals surface area contributed by atoms with E-state index in [9.17, 15) is 9.18 Å². The Balaban J connectivity index is 2.09. The molecule has 0 atom stereocenters. The molecule has 3 nitrogen and oxygen atoms in total. The quantitative estimate of drug-likeness (QED) is 0.572. The lowest BCUT2D eigenvalue weighted by molar-refractivity contribution is 0.104. The zero-order valence-corrected chi connectivity index (χ0v) is 14.4. The zero-order chi connectivity index (χ0) is 17.5. The van der Waals surface area contributed by atoms with Crippen molar-refractivity contribution in [2.75, 3.05) is 39.1 Å². The van der Waals surface area contributed by atoms with E-state index >= 15 is 0 Å². The van der Waals surface area contributed by atoms with Crippen molar-refractivity contribution in [3.63, 3.8) is 0 Å². The van der Waals surface area contributed by atoms with Crippen molar-refractivity contribution < 1.29 is 9.18 Å². The van der Waals surface area contributed by atoms with E-state index < -0.39 is 5.82 Å². The molecule has 0 radical (unpaired) electrons. The van der Waals surface area contributed by atoms with E-state index in [0.29, 0.717) is 0 Å². The van der Waals surface area contributed by atoms with Crippen molar-refractivity contribution in [1.29, 1.82) is 0 Å². The minimum Gasteiger partial charge on any atom is -0.373 e. The van der Waals surface area contributed by atoms with Crippen LogP contribution < -0.4 is 4.90 Å². The lowest BCUT2D eigenvalue weighted by atomic mass is 10.1. The average molecular weight is 326 g/mol. The van der Waals surface area contributed by atoms with Crippen LogP contribution in [-0.2, 0) is 0 Å². The highest BCUT2D eigenvalue weighted by Gasteiger charge is 2.07. The van der Waals surface area contributed by atoms with Gasteiger partial charge in [-0.15, -0.1) is 0 Å². The van der Waals surface area contributed by atoms with Gasteiger partial charge in [0.1, 0.15) is 5.82 Å². The number of rotatable bonds is 7. The van der Waals surface area contributed by atoms with Gasteiger partial charge in [0, 0.05) is 25.8 Å². The van der Waals surface area contributed by atoms with E-state index in [1.165, 1.54) is 18.2 Å². The minimum atomic E-state index is -0.496. The molecule has 0 aromatic heterocycles. The Morgan fingerprint density at radius 1 is 1.04 bits per heavy atom. The summed E-state index contributed by atoms with van der Waals surface area (Å²) in [5.41, 5.74) is 2.08. The Bertz CT molecular complexity index is 725. The van der Waals surface area contributed by atoms with E-state index in [2.05, 4.69) is 9.80 Å². The van der Waals surface area contributed by atoms with E-state index in [1.54, 1.807) is 18.2 Å². The number of carbonyl (C=O) groups is 1. The van der Waals surface area contributed by atoms with Crippen molar-refractivity contribution >= 4 is 17.5 Å². The maximum absolute atomic E-state index is 13.6. The van der Waals surface area contributed by atoms with Gasteiger partial charge in [0.2, 0.25) is 0 Å². The molecule has 0 saturated heterocycles. The SMILES string of the molecule is CN(C)CCN(C)c1cccc(/C=C/C(=O)c2ccccc2F)c1. The van der Waals surface area contributed by atoms with Crippen molar-refractivity contribution in [1.82, 2.24) is 4.90 Å². The fourth-order valence-corrected chi connectivity index (χ4v) is 2.27. The van der Waals surface area contributed by atoms with Crippen LogP contribution in [-0.4, -0.2) is 44.9 Å². The number of nitrogens with zero attached hydrogens (tertiary/aromatic N) is 2. The molecular weight excluding hydrogens is 303 g/mol. The van der Waals surface area contributed by atoms with Crippen LogP contribution in [0.25, 0.3) is 6.08 Å². The summed E-state index contributed by atoms with van der Waals surface area (Å²) in [6, 6.07) is 13.9. The van der Waals surface area contributed by atoms with Crippen LogP contribution in [0.3, 0.4) is 0 Å². The van der Waals surface area contributed by atoms with E-state index in [1.807, 2.05) is 45.4 Å². The van der Waals surface area contributed by atoms with E-state index in [4.69, 9.17) is 0 Å². The summed E-state index contributed by atoms with van der Waals surface area (Å²) in [6.45, 7) is 1.87. The summed E-state index contributed by atoms with van der Waals surface area (Å²) in [7, 11) is 6.12. The van der Waals surface area contributed by atoms with E-state index in [-0.39, 0.29) is 11.3 Å². The first-order valence-electron chi connectivity index (χ1n) is 7.90. The number of likely N-dealkylation sites (N-methyl/N-ethyl adjacent to an activating group) is 2. The topological polar surface area (TPSA) is 23.6 Å². The normalized spacial score (nSPS) is 11.2. The van der Waals surface area contributed by atoms with Crippen LogP contribution in [0.15, 0.2) is 54.6 Å². The maximum Gasteiger partial charge on any atom is 0.188 e. The number of hydrogen-bond donors (Lipinski definition) is 0. The van der Waals surface area contributed by atoms with Crippen LogP contribution in [0, 0.1) is 5.82 Å². The number of ketones is 1. The van der Waals surface area contributed by atoms with Crippen LogP contribution in [0.4, 0.5) is 10.1 Å². The molecule has 0 N–H and O–H groups in total. The lowest BCUT2D eigenvalue weighted by Crippen LogP contribution is -2.28. The molecule has 24 heavy (non-hydrogen) atoms. The largest absolute Gasteiger partial charge is 0.373 e. The Labute approximate surface area is 143 Å². The summed E-state index contributed by atoms with van der Waals surface area (Å²) < 4.78 is 13.6. The van der Waals surface area contributed by atoms with E-state index in [0.717, 1.165) is 24.3 Å². The highest BCUT2D eigenvalue weighted by molar-refractivity contribution is 6.07. The number of benzene rings is 2. The molecule has 0 aliphatic heterocycles. The van der Waals surface area contributed by atoms with Crippen molar-refractivity contribution in [2.24, 2.45) is 0 Å². The first kappa shape index (κ1) is 17.9. The molecule has 126 valence electrons. The molecule has 0 aliphatic rings. The molecule has 0 heterocycles. The van der Waals surface area contributed by atoms with Gasteiger partial charge < -0.3 is 9.80 Å². The van der Waals surface area contributed by atoms with Gasteiger partial charge in [0.25, 0.3) is 0 Å². The second kappa shape index (κ2) is 8.41. The van der Waals surface area contributed by atoms with Gasteiger partial charge in [-0.3, -0.25) is 4.79 Å². The molecule has 0 aliphatic carbocycles. The molecule has 0 amide bonds. The monoisotopic (exact) mass is 326 g/mol. The third-order valence-corrected chi connectivity index (χ3v) is 3.76. The van der Waals surface area contributed by atoms with Crippen LogP contribution >= 0.6 is 0 Å². The van der Waals surface area contributed by atoms with Gasteiger partial charge in [0.05, 0.1) is 5.56 Å². The molecule has 0 fully saturated rings. The smallest absolute Gasteiger partial charge is 0.188 e. The highest BCUT2D eigenvalue weighted by Crippen LogP contribution is 2.16.